The van der Waals surface area contributed by atoms with E-state index in [-0.39, 0.29) is 0 Å². The van der Waals surface area contributed by atoms with Crippen molar-refractivity contribution in [2.24, 2.45) is 0 Å². The van der Waals surface area contributed by atoms with Gasteiger partial charge in [-0.25, -0.2) is 9.19 Å². The molecule has 0 radical (unpaired) electrons. The molecule has 0 saturated heterocycles. The number of hydrogen-bond donors (Lipinski definition) is 1. The van der Waals surface area contributed by atoms with Gasteiger partial charge < -0.3 is 4.89 Å². The third kappa shape index (κ3) is 5.14. The molecule has 0 fully saturated rings. The maximum atomic E-state index is 11.5. The van der Waals surface area contributed by atoms with Gasteiger partial charge in [0.15, 0.2) is 5.81 Å². The second kappa shape index (κ2) is 7.16. The number of rotatable bonds is 6. The Hall–Kier alpha value is -1.96. The van der Waals surface area contributed by atoms with Crippen LogP contribution >= 0.6 is 7.60 Å². The normalized spacial score (nSPS) is 13.6. The van der Waals surface area contributed by atoms with Crippen molar-refractivity contribution in [1.82, 2.24) is 5.06 Å². The van der Waals surface area contributed by atoms with Gasteiger partial charge in [-0.05, 0) is 11.1 Å². The maximum Gasteiger partial charge on any atom is 0.445 e. The van der Waals surface area contributed by atoms with Crippen LogP contribution in [0.5, 0.6) is 0 Å². The highest BCUT2D eigenvalue weighted by Crippen LogP contribution is 2.41. The first kappa shape index (κ1) is 15.4. The number of benzene rings is 2. The highest BCUT2D eigenvalue weighted by atomic mass is 31.2. The van der Waals surface area contributed by atoms with Gasteiger partial charge in [0.1, 0.15) is 0 Å². The van der Waals surface area contributed by atoms with Crippen LogP contribution in [0.4, 0.5) is 0 Å². The molecule has 0 aromatic heterocycles. The van der Waals surface area contributed by atoms with E-state index in [9.17, 15) is 9.46 Å². The van der Waals surface area contributed by atoms with Gasteiger partial charge in [-0.3, -0.25) is 0 Å². The molecular weight excluding hydrogens is 287 g/mol. The molecule has 108 valence electrons. The monoisotopic (exact) mass is 302 g/mol. The Morgan fingerprint density at radius 1 is 1.00 bits per heavy atom. The van der Waals surface area contributed by atoms with Gasteiger partial charge in [0, 0.05) is 0 Å². The molecule has 6 heteroatoms. The van der Waals surface area contributed by atoms with Crippen molar-refractivity contribution in [1.29, 1.82) is 5.26 Å². The highest BCUT2D eigenvalue weighted by Gasteiger charge is 2.23. The zero-order chi connectivity index (χ0) is 15.1. The van der Waals surface area contributed by atoms with Crippen molar-refractivity contribution in [2.75, 3.05) is 0 Å². The third-order valence-corrected chi connectivity index (χ3v) is 3.46. The summed E-state index contributed by atoms with van der Waals surface area (Å²) < 4.78 is 16.5. The number of hydroxylamine groups is 2. The summed E-state index contributed by atoms with van der Waals surface area (Å²) in [6.07, 6.45) is 0. The van der Waals surface area contributed by atoms with Crippen LogP contribution in [0.1, 0.15) is 11.1 Å². The summed E-state index contributed by atoms with van der Waals surface area (Å²) in [6, 6.07) is 18.8. The van der Waals surface area contributed by atoms with E-state index >= 15 is 0 Å². The average molecular weight is 302 g/mol. The largest absolute Gasteiger partial charge is 0.445 e. The van der Waals surface area contributed by atoms with Crippen molar-refractivity contribution in [3.05, 3.63) is 71.8 Å². The van der Waals surface area contributed by atoms with Gasteiger partial charge >= 0.3 is 7.60 Å². The molecule has 2 aromatic rings. The summed E-state index contributed by atoms with van der Waals surface area (Å²) in [6.45, 7) is 0.615. The Labute approximate surface area is 123 Å². The minimum Gasteiger partial charge on any atom is -0.313 e. The van der Waals surface area contributed by atoms with Crippen LogP contribution in [-0.4, -0.2) is 9.96 Å². The molecule has 1 unspecified atom stereocenters. The molecule has 0 spiro atoms. The summed E-state index contributed by atoms with van der Waals surface area (Å²) in [4.78, 5) is 9.38. The zero-order valence-corrected chi connectivity index (χ0v) is 12.2. The molecule has 2 rings (SSSR count). The van der Waals surface area contributed by atoms with Crippen molar-refractivity contribution in [3.8, 4) is 5.81 Å². The lowest BCUT2D eigenvalue weighted by atomic mass is 10.2. The number of nitriles is 1. The fourth-order valence-electron chi connectivity index (χ4n) is 1.86. The first-order valence-electron chi connectivity index (χ1n) is 6.36. The summed E-state index contributed by atoms with van der Waals surface area (Å²) in [5, 5.41) is 9.99. The van der Waals surface area contributed by atoms with E-state index in [1.807, 2.05) is 60.7 Å². The van der Waals surface area contributed by atoms with Crippen LogP contribution in [0.25, 0.3) is 0 Å². The van der Waals surface area contributed by atoms with E-state index in [1.165, 1.54) is 10.9 Å². The van der Waals surface area contributed by atoms with Crippen LogP contribution in [0.15, 0.2) is 60.7 Å². The van der Waals surface area contributed by atoms with Crippen LogP contribution in [0.2, 0.25) is 0 Å². The second-order valence-corrected chi connectivity index (χ2v) is 5.88. The Morgan fingerprint density at radius 2 is 1.43 bits per heavy atom. The molecule has 0 aliphatic rings. The molecule has 0 saturated carbocycles. The first-order valence-corrected chi connectivity index (χ1v) is 7.93. The molecule has 0 aliphatic heterocycles. The molecule has 1 N–H and O–H groups in total. The van der Waals surface area contributed by atoms with E-state index in [0.29, 0.717) is 13.1 Å². The molecule has 0 heterocycles. The Morgan fingerprint density at radius 3 is 1.81 bits per heavy atom. The van der Waals surface area contributed by atoms with E-state index < -0.39 is 7.60 Å². The Balaban J connectivity index is 2.14. The predicted molar refractivity (Wildman–Crippen MR) is 78.7 cm³/mol. The van der Waals surface area contributed by atoms with E-state index in [2.05, 4.69) is 0 Å². The second-order valence-electron chi connectivity index (χ2n) is 4.47. The smallest absolute Gasteiger partial charge is 0.313 e. The van der Waals surface area contributed by atoms with Gasteiger partial charge in [-0.1, -0.05) is 60.7 Å². The SMILES string of the molecule is N#CP(=O)(O)ON(Cc1ccccc1)Cc1ccccc1. The summed E-state index contributed by atoms with van der Waals surface area (Å²) in [5.41, 5.74) is 1.85. The van der Waals surface area contributed by atoms with Gasteiger partial charge in [0.2, 0.25) is 0 Å². The molecule has 1 atom stereocenters. The van der Waals surface area contributed by atoms with Crippen molar-refractivity contribution in [2.45, 2.75) is 13.1 Å². The van der Waals surface area contributed by atoms with Crippen LogP contribution in [0, 0.1) is 11.1 Å². The lowest BCUT2D eigenvalue weighted by Crippen LogP contribution is -2.21. The van der Waals surface area contributed by atoms with Crippen molar-refractivity contribution in [3.63, 3.8) is 0 Å². The summed E-state index contributed by atoms with van der Waals surface area (Å²) in [5.74, 6) is 1.29. The van der Waals surface area contributed by atoms with Crippen LogP contribution in [-0.2, 0) is 22.3 Å². The lowest BCUT2D eigenvalue weighted by molar-refractivity contribution is -0.0811. The zero-order valence-electron chi connectivity index (χ0n) is 11.3. The van der Waals surface area contributed by atoms with Gasteiger partial charge in [0.25, 0.3) is 0 Å². The van der Waals surface area contributed by atoms with Gasteiger partial charge in [-0.2, -0.15) is 10.3 Å². The number of hydrogen-bond acceptors (Lipinski definition) is 4. The quantitative estimate of drug-likeness (QED) is 0.654. The molecular formula is C15H15N2O3P. The minimum absolute atomic E-state index is 0.308. The minimum atomic E-state index is -4.27. The molecule has 0 bridgehead atoms. The van der Waals surface area contributed by atoms with E-state index in [1.54, 1.807) is 0 Å². The average Bonchev–Trinajstić information content (AvgIpc) is 2.49. The molecule has 2 aromatic carbocycles. The third-order valence-electron chi connectivity index (χ3n) is 2.76. The predicted octanol–water partition coefficient (Wildman–Crippen LogP) is 3.29. The summed E-state index contributed by atoms with van der Waals surface area (Å²) in [7, 11) is -4.27. The first-order chi connectivity index (χ1) is 10.1. The van der Waals surface area contributed by atoms with Gasteiger partial charge in [-0.15, -0.1) is 0 Å². The van der Waals surface area contributed by atoms with Crippen LogP contribution in [0.3, 0.4) is 0 Å². The lowest BCUT2D eigenvalue weighted by Gasteiger charge is -2.21. The fraction of sp³-hybridized carbons (Fsp3) is 0.133. The topological polar surface area (TPSA) is 73.6 Å². The summed E-state index contributed by atoms with van der Waals surface area (Å²) >= 11 is 0. The maximum absolute atomic E-state index is 11.5. The van der Waals surface area contributed by atoms with Crippen molar-refractivity contribution < 1.29 is 14.1 Å². The molecule has 0 aliphatic carbocycles. The Bertz CT molecular complexity index is 614. The molecule has 0 amide bonds. The standard InChI is InChI=1S/C15H15N2O3P/c16-13-21(18,19)20-17(11-14-7-3-1-4-8-14)12-15-9-5-2-6-10-15/h1-10H,11-12H2,(H,18,19). The molecule has 5 nitrogen and oxygen atoms in total. The van der Waals surface area contributed by atoms with Gasteiger partial charge in [0.05, 0.1) is 13.1 Å². The van der Waals surface area contributed by atoms with Crippen LogP contribution < -0.4 is 0 Å². The molecule has 21 heavy (non-hydrogen) atoms. The number of nitrogens with zero attached hydrogens (tertiary/aromatic N) is 2. The van der Waals surface area contributed by atoms with Crippen molar-refractivity contribution >= 4 is 7.60 Å². The van der Waals surface area contributed by atoms with E-state index in [4.69, 9.17) is 9.89 Å². The van der Waals surface area contributed by atoms with E-state index in [0.717, 1.165) is 11.1 Å². The Kier molecular flexibility index (Phi) is 5.26. The highest BCUT2D eigenvalue weighted by molar-refractivity contribution is 7.58. The fourth-order valence-corrected chi connectivity index (χ4v) is 2.33.